The predicted octanol–water partition coefficient (Wildman–Crippen LogP) is 10.1. The highest BCUT2D eigenvalue weighted by atomic mass is 35.5. The van der Waals surface area contributed by atoms with E-state index in [9.17, 15) is 12.8 Å². The monoisotopic (exact) mass is 750 g/mol. The van der Waals surface area contributed by atoms with Crippen LogP contribution in [0.4, 0.5) is 15.9 Å². The van der Waals surface area contributed by atoms with E-state index in [-0.39, 0.29) is 22.4 Å². The summed E-state index contributed by atoms with van der Waals surface area (Å²) in [5.74, 6) is 1.67. The molecular formula is C41H50ClFN4O4S. The number of sulfone groups is 1. The first kappa shape index (κ1) is 36.4. The van der Waals surface area contributed by atoms with Crippen molar-refractivity contribution in [2.45, 2.75) is 99.3 Å². The maximum absolute atomic E-state index is 14.4. The van der Waals surface area contributed by atoms with Gasteiger partial charge in [0.05, 0.1) is 29.8 Å². The highest BCUT2D eigenvalue weighted by Crippen LogP contribution is 2.43. The first-order chi connectivity index (χ1) is 25.1. The van der Waals surface area contributed by atoms with Crippen LogP contribution in [0.3, 0.4) is 0 Å². The molecule has 3 aromatic carbocycles. The smallest absolute Gasteiger partial charge is 0.156 e. The van der Waals surface area contributed by atoms with E-state index in [1.165, 1.54) is 12.4 Å². The fraction of sp³-hybridized carbons (Fsp3) is 0.415. The highest BCUT2D eigenvalue weighted by Gasteiger charge is 2.27. The van der Waals surface area contributed by atoms with Gasteiger partial charge in [-0.05, 0) is 151 Å². The number of hydrogen-bond donors (Lipinski definition) is 1. The van der Waals surface area contributed by atoms with Crippen molar-refractivity contribution >= 4 is 43.8 Å². The molecular weight excluding hydrogens is 699 g/mol. The molecule has 5 aromatic rings. The molecule has 0 bridgehead atoms. The van der Waals surface area contributed by atoms with Gasteiger partial charge in [0, 0.05) is 30.2 Å². The number of hydrogen-bond acceptors (Lipinski definition) is 8. The zero-order valence-corrected chi connectivity index (χ0v) is 33.6. The molecule has 52 heavy (non-hydrogen) atoms. The zero-order chi connectivity index (χ0) is 40.2. The van der Waals surface area contributed by atoms with E-state index >= 15 is 0 Å². The van der Waals surface area contributed by atoms with Gasteiger partial charge in [-0.1, -0.05) is 11.6 Å². The van der Waals surface area contributed by atoms with Crippen LogP contribution < -0.4 is 15.0 Å². The van der Waals surface area contributed by atoms with Crippen LogP contribution in [-0.4, -0.2) is 42.5 Å². The molecule has 0 saturated carbocycles. The average Bonchev–Trinajstić information content (AvgIpc) is 3.48. The normalized spacial score (nSPS) is 14.1. The van der Waals surface area contributed by atoms with E-state index in [0.29, 0.717) is 34.8 Å². The first-order valence-corrected chi connectivity index (χ1v) is 19.4. The molecule has 0 aliphatic heterocycles. The van der Waals surface area contributed by atoms with Crippen molar-refractivity contribution in [3.63, 3.8) is 0 Å². The number of anilines is 2. The van der Waals surface area contributed by atoms with E-state index in [1.807, 2.05) is 65.6 Å². The van der Waals surface area contributed by atoms with Crippen LogP contribution in [0.1, 0.15) is 86.7 Å². The van der Waals surface area contributed by atoms with Crippen LogP contribution in [0.2, 0.25) is 5.02 Å². The molecule has 2 unspecified atom stereocenters. The third kappa shape index (κ3) is 7.43. The molecule has 0 aliphatic carbocycles. The number of nitrogens with zero attached hydrogens (tertiary/aromatic N) is 3. The summed E-state index contributed by atoms with van der Waals surface area (Å²) < 4.78 is 69.7. The molecule has 2 heterocycles. The molecule has 0 amide bonds. The lowest BCUT2D eigenvalue weighted by Crippen LogP contribution is -2.36. The van der Waals surface area contributed by atoms with Gasteiger partial charge in [-0.2, -0.15) is 0 Å². The SMILES string of the molecule is [2H]C([2H])(Oc1c(Cl)cc(N(C)c2ncnc3cc(C)c(-c4cc(C)c(C(C)NCC(C)S(=O)(=O)C(C)C)o4)c(C)c23)c(C)c1C)c1cc(F)cc(C)c1C. The summed E-state index contributed by atoms with van der Waals surface area (Å²) in [6.45, 7) is 18.2. The average molecular weight is 751 g/mol. The van der Waals surface area contributed by atoms with E-state index in [4.69, 9.17) is 28.5 Å². The van der Waals surface area contributed by atoms with Crippen LogP contribution in [0, 0.1) is 54.3 Å². The minimum Gasteiger partial charge on any atom is -0.487 e. The summed E-state index contributed by atoms with van der Waals surface area (Å²) in [5, 5.41) is 3.37. The molecule has 278 valence electrons. The molecule has 2 atom stereocenters. The number of aryl methyl sites for hydroxylation is 4. The van der Waals surface area contributed by atoms with Gasteiger partial charge >= 0.3 is 0 Å². The van der Waals surface area contributed by atoms with Crippen molar-refractivity contribution in [2.24, 2.45) is 0 Å². The van der Waals surface area contributed by atoms with Crippen LogP contribution in [0.25, 0.3) is 22.2 Å². The largest absolute Gasteiger partial charge is 0.487 e. The standard InChI is InChI=1S/C41H50ClFN4O4S/c1-21(2)52(48,49)25(6)18-44-30(11)39-24(5)15-36(51-39)37-23(4)14-34-38(29(37)10)41(46-20-45-34)47(12)35-17-33(42)40(28(9)27(35)8)50-19-31-16-32(43)13-22(3)26(31)7/h13-17,20-21,25,30,44H,18-19H2,1-12H3/i19D2. The highest BCUT2D eigenvalue weighted by molar-refractivity contribution is 7.92. The second-order valence-corrected chi connectivity index (χ2v) is 17.5. The van der Waals surface area contributed by atoms with Crippen molar-refractivity contribution in [3.8, 4) is 17.1 Å². The topological polar surface area (TPSA) is 97.6 Å². The van der Waals surface area contributed by atoms with Crippen LogP contribution in [0.15, 0.2) is 41.1 Å². The van der Waals surface area contributed by atoms with E-state index in [2.05, 4.69) is 10.3 Å². The maximum atomic E-state index is 14.4. The quantitative estimate of drug-likeness (QED) is 0.135. The molecule has 0 fully saturated rings. The Morgan fingerprint density at radius 1 is 0.923 bits per heavy atom. The Labute approximate surface area is 315 Å². The Morgan fingerprint density at radius 3 is 2.29 bits per heavy atom. The van der Waals surface area contributed by atoms with Gasteiger partial charge in [-0.15, -0.1) is 0 Å². The predicted molar refractivity (Wildman–Crippen MR) is 211 cm³/mol. The van der Waals surface area contributed by atoms with E-state index in [1.54, 1.807) is 40.7 Å². The zero-order valence-electron chi connectivity index (χ0n) is 34.0. The molecule has 5 rings (SSSR count). The molecule has 0 spiro atoms. The number of furan rings is 1. The summed E-state index contributed by atoms with van der Waals surface area (Å²) in [4.78, 5) is 11.3. The summed E-state index contributed by atoms with van der Waals surface area (Å²) in [6.07, 6.45) is 1.52. The number of ether oxygens (including phenoxy) is 1. The molecule has 0 radical (unpaired) electrons. The Morgan fingerprint density at radius 2 is 1.62 bits per heavy atom. The summed E-state index contributed by atoms with van der Waals surface area (Å²) in [7, 11) is -1.36. The molecule has 0 saturated heterocycles. The Kier molecular flexibility index (Phi) is 10.6. The Hall–Kier alpha value is -3.99. The third-order valence-electron chi connectivity index (χ3n) is 10.2. The van der Waals surface area contributed by atoms with Gasteiger partial charge in [0.2, 0.25) is 0 Å². The van der Waals surface area contributed by atoms with Gasteiger partial charge in [-0.3, -0.25) is 0 Å². The number of aromatic nitrogens is 2. The number of rotatable bonds is 12. The fourth-order valence-electron chi connectivity index (χ4n) is 6.71. The van der Waals surface area contributed by atoms with Gasteiger partial charge in [0.1, 0.15) is 41.8 Å². The second-order valence-electron chi connectivity index (χ2n) is 14.1. The molecule has 11 heteroatoms. The minimum atomic E-state index is -3.25. The minimum absolute atomic E-state index is 0.0969. The summed E-state index contributed by atoms with van der Waals surface area (Å²) in [5.41, 5.74) is 7.95. The molecule has 2 aromatic heterocycles. The molecule has 8 nitrogen and oxygen atoms in total. The lowest BCUT2D eigenvalue weighted by atomic mass is 9.95. The van der Waals surface area contributed by atoms with Crippen molar-refractivity contribution in [1.82, 2.24) is 15.3 Å². The maximum Gasteiger partial charge on any atom is 0.156 e. The van der Waals surface area contributed by atoms with Crippen LogP contribution in [0.5, 0.6) is 5.75 Å². The van der Waals surface area contributed by atoms with E-state index in [0.717, 1.165) is 56.2 Å². The van der Waals surface area contributed by atoms with Gasteiger partial charge in [0.25, 0.3) is 0 Å². The number of halogens is 2. The molecule has 1 N–H and O–H groups in total. The number of benzene rings is 3. The van der Waals surface area contributed by atoms with Crippen molar-refractivity contribution in [3.05, 3.63) is 97.8 Å². The van der Waals surface area contributed by atoms with Crippen LogP contribution >= 0.6 is 11.6 Å². The van der Waals surface area contributed by atoms with Crippen molar-refractivity contribution in [1.29, 1.82) is 0 Å². The Balaban J connectivity index is 1.52. The first-order valence-electron chi connectivity index (χ1n) is 18.4. The Bertz CT molecular complexity index is 2360. The lowest BCUT2D eigenvalue weighted by Gasteiger charge is -2.26. The summed E-state index contributed by atoms with van der Waals surface area (Å²) in [6, 6.07) is 8.04. The van der Waals surface area contributed by atoms with Gasteiger partial charge in [0.15, 0.2) is 9.84 Å². The molecule has 0 aliphatic rings. The second kappa shape index (κ2) is 15.2. The lowest BCUT2D eigenvalue weighted by molar-refractivity contribution is 0.302. The van der Waals surface area contributed by atoms with Gasteiger partial charge in [-0.25, -0.2) is 22.8 Å². The number of fused-ring (bicyclic) bond motifs is 1. The number of nitrogens with one attached hydrogen (secondary N) is 1. The van der Waals surface area contributed by atoms with Crippen molar-refractivity contribution < 1.29 is 24.7 Å². The van der Waals surface area contributed by atoms with Crippen molar-refractivity contribution in [2.75, 3.05) is 18.5 Å². The fourth-order valence-corrected chi connectivity index (χ4v) is 8.25. The van der Waals surface area contributed by atoms with Gasteiger partial charge < -0.3 is 19.4 Å². The summed E-state index contributed by atoms with van der Waals surface area (Å²) >= 11 is 6.86. The van der Waals surface area contributed by atoms with E-state index < -0.39 is 32.7 Å². The van der Waals surface area contributed by atoms with Crippen LogP contribution in [-0.2, 0) is 16.4 Å². The third-order valence-corrected chi connectivity index (χ3v) is 13.1.